The summed E-state index contributed by atoms with van der Waals surface area (Å²) in [5.41, 5.74) is 6.93. The predicted octanol–water partition coefficient (Wildman–Crippen LogP) is 2.68. The Hall–Kier alpha value is -1.55. The fourth-order valence-electron chi connectivity index (χ4n) is 3.05. The zero-order valence-corrected chi connectivity index (χ0v) is 12.1. The Bertz CT molecular complexity index is 433. The number of benzene rings is 1. The average Bonchev–Trinajstić information content (AvgIpc) is 2.48. The second-order valence-corrected chi connectivity index (χ2v) is 5.87. The van der Waals surface area contributed by atoms with Crippen LogP contribution in [-0.2, 0) is 0 Å². The first-order chi connectivity index (χ1) is 9.70. The van der Waals surface area contributed by atoms with Crippen LogP contribution >= 0.6 is 0 Å². The maximum absolute atomic E-state index is 8.98. The van der Waals surface area contributed by atoms with E-state index < -0.39 is 0 Å². The number of nitrogens with one attached hydrogen (secondary N) is 1. The molecule has 0 amide bonds. The van der Waals surface area contributed by atoms with Crippen molar-refractivity contribution in [3.8, 4) is 0 Å². The highest BCUT2D eigenvalue weighted by Gasteiger charge is 2.22. The first kappa shape index (κ1) is 14.9. The van der Waals surface area contributed by atoms with Crippen molar-refractivity contribution in [3.05, 3.63) is 35.9 Å². The second-order valence-electron chi connectivity index (χ2n) is 5.87. The molecule has 0 bridgehead atoms. The lowest BCUT2D eigenvalue weighted by Crippen LogP contribution is -2.39. The monoisotopic (exact) mass is 275 g/mol. The van der Waals surface area contributed by atoms with Gasteiger partial charge in [0.25, 0.3) is 0 Å². The quantitative estimate of drug-likeness (QED) is 0.335. The van der Waals surface area contributed by atoms with Crippen LogP contribution in [0.4, 0.5) is 0 Å². The third-order valence-electron chi connectivity index (χ3n) is 4.22. The molecule has 1 fully saturated rings. The summed E-state index contributed by atoms with van der Waals surface area (Å²) in [7, 11) is 0. The summed E-state index contributed by atoms with van der Waals surface area (Å²) in [4.78, 5) is 0. The van der Waals surface area contributed by atoms with Gasteiger partial charge in [0.2, 0.25) is 0 Å². The lowest BCUT2D eigenvalue weighted by molar-refractivity contribution is 0.298. The van der Waals surface area contributed by atoms with Gasteiger partial charge in [-0.2, -0.15) is 0 Å². The third-order valence-corrected chi connectivity index (χ3v) is 4.22. The lowest BCUT2D eigenvalue weighted by atomic mass is 9.86. The van der Waals surface area contributed by atoms with E-state index in [1.807, 2.05) is 30.3 Å². The smallest absolute Gasteiger partial charge is 0.147 e. The van der Waals surface area contributed by atoms with Crippen LogP contribution in [0, 0.1) is 5.92 Å². The standard InChI is InChI=1S/C16H25N3O/c1-12-6-5-9-14(10-12)18-11-15(16(17)19-20)13-7-3-2-4-8-13/h2-4,7-8,12,14-15,18,20H,5-6,9-11H2,1H3,(H2,17,19). The van der Waals surface area contributed by atoms with E-state index in [0.717, 1.165) is 18.0 Å². The number of nitrogens with zero attached hydrogens (tertiary/aromatic N) is 1. The van der Waals surface area contributed by atoms with Gasteiger partial charge in [-0.15, -0.1) is 0 Å². The first-order valence-electron chi connectivity index (χ1n) is 7.46. The van der Waals surface area contributed by atoms with Crippen LogP contribution < -0.4 is 11.1 Å². The van der Waals surface area contributed by atoms with Gasteiger partial charge in [0.05, 0.1) is 5.92 Å². The van der Waals surface area contributed by atoms with E-state index in [1.54, 1.807) is 0 Å². The molecule has 3 atom stereocenters. The van der Waals surface area contributed by atoms with Gasteiger partial charge in [-0.25, -0.2) is 0 Å². The maximum atomic E-state index is 8.98. The van der Waals surface area contributed by atoms with E-state index in [0.29, 0.717) is 6.04 Å². The molecular formula is C16H25N3O. The van der Waals surface area contributed by atoms with Gasteiger partial charge >= 0.3 is 0 Å². The Morgan fingerprint density at radius 3 is 2.80 bits per heavy atom. The molecule has 1 saturated carbocycles. The van der Waals surface area contributed by atoms with Crippen molar-refractivity contribution in [3.63, 3.8) is 0 Å². The first-order valence-corrected chi connectivity index (χ1v) is 7.46. The molecule has 0 spiro atoms. The molecular weight excluding hydrogens is 250 g/mol. The van der Waals surface area contributed by atoms with E-state index in [-0.39, 0.29) is 11.8 Å². The molecule has 4 heteroatoms. The molecule has 110 valence electrons. The van der Waals surface area contributed by atoms with Crippen molar-refractivity contribution in [1.82, 2.24) is 5.32 Å². The minimum atomic E-state index is -0.0709. The molecule has 0 saturated heterocycles. The van der Waals surface area contributed by atoms with Crippen LogP contribution in [0.25, 0.3) is 0 Å². The molecule has 0 aliphatic heterocycles. The van der Waals surface area contributed by atoms with Gasteiger partial charge in [-0.05, 0) is 24.3 Å². The fourth-order valence-corrected chi connectivity index (χ4v) is 3.05. The molecule has 0 aromatic heterocycles. The van der Waals surface area contributed by atoms with Crippen LogP contribution in [0.1, 0.15) is 44.1 Å². The van der Waals surface area contributed by atoms with E-state index in [2.05, 4.69) is 17.4 Å². The van der Waals surface area contributed by atoms with Gasteiger partial charge in [0, 0.05) is 12.6 Å². The Morgan fingerprint density at radius 1 is 1.40 bits per heavy atom. The molecule has 1 aromatic rings. The predicted molar refractivity (Wildman–Crippen MR) is 82.0 cm³/mol. The summed E-state index contributed by atoms with van der Waals surface area (Å²) in [6.45, 7) is 3.03. The topological polar surface area (TPSA) is 70.6 Å². The van der Waals surface area contributed by atoms with Crippen molar-refractivity contribution in [2.75, 3.05) is 6.54 Å². The summed E-state index contributed by atoms with van der Waals surface area (Å²) in [6, 6.07) is 10.5. The Labute approximate surface area is 121 Å². The highest BCUT2D eigenvalue weighted by molar-refractivity contribution is 5.87. The van der Waals surface area contributed by atoms with E-state index in [1.165, 1.54) is 25.7 Å². The van der Waals surface area contributed by atoms with E-state index in [4.69, 9.17) is 10.9 Å². The summed E-state index contributed by atoms with van der Waals surface area (Å²) < 4.78 is 0. The van der Waals surface area contributed by atoms with Crippen molar-refractivity contribution < 1.29 is 5.21 Å². The van der Waals surface area contributed by atoms with Crippen LogP contribution in [0.15, 0.2) is 35.5 Å². The van der Waals surface area contributed by atoms with E-state index in [9.17, 15) is 0 Å². The van der Waals surface area contributed by atoms with Gasteiger partial charge in [0.1, 0.15) is 5.84 Å². The minimum Gasteiger partial charge on any atom is -0.409 e. The number of rotatable bonds is 5. The minimum absolute atomic E-state index is 0.0709. The molecule has 4 N–H and O–H groups in total. The number of oxime groups is 1. The maximum Gasteiger partial charge on any atom is 0.147 e. The molecule has 4 nitrogen and oxygen atoms in total. The van der Waals surface area contributed by atoms with Crippen molar-refractivity contribution in [2.24, 2.45) is 16.8 Å². The number of hydrogen-bond acceptors (Lipinski definition) is 3. The largest absolute Gasteiger partial charge is 0.409 e. The average molecular weight is 275 g/mol. The van der Waals surface area contributed by atoms with Gasteiger partial charge in [-0.1, -0.05) is 55.3 Å². The highest BCUT2D eigenvalue weighted by Crippen LogP contribution is 2.24. The molecule has 0 radical (unpaired) electrons. The summed E-state index contributed by atoms with van der Waals surface area (Å²) in [5.74, 6) is 0.992. The van der Waals surface area contributed by atoms with Crippen LogP contribution in [0.2, 0.25) is 0 Å². The van der Waals surface area contributed by atoms with Crippen LogP contribution in [0.3, 0.4) is 0 Å². The van der Waals surface area contributed by atoms with Gasteiger partial charge < -0.3 is 16.3 Å². The summed E-state index contributed by atoms with van der Waals surface area (Å²) >= 11 is 0. The molecule has 3 unspecified atom stereocenters. The number of hydrogen-bond donors (Lipinski definition) is 3. The highest BCUT2D eigenvalue weighted by atomic mass is 16.4. The zero-order chi connectivity index (χ0) is 14.4. The zero-order valence-electron chi connectivity index (χ0n) is 12.1. The lowest BCUT2D eigenvalue weighted by Gasteiger charge is -2.29. The van der Waals surface area contributed by atoms with Crippen molar-refractivity contribution in [2.45, 2.75) is 44.6 Å². The van der Waals surface area contributed by atoms with Crippen molar-refractivity contribution >= 4 is 5.84 Å². The Balaban J connectivity index is 1.98. The molecule has 2 rings (SSSR count). The Kier molecular flexibility index (Phi) is 5.41. The van der Waals surface area contributed by atoms with E-state index >= 15 is 0 Å². The van der Waals surface area contributed by atoms with Gasteiger partial charge in [0.15, 0.2) is 0 Å². The summed E-state index contributed by atoms with van der Waals surface area (Å²) in [5, 5.41) is 15.8. The van der Waals surface area contributed by atoms with Crippen molar-refractivity contribution in [1.29, 1.82) is 0 Å². The number of amidine groups is 1. The molecule has 1 aliphatic rings. The third kappa shape index (κ3) is 3.97. The SMILES string of the molecule is CC1CCCC(NCC(C(N)=NO)c2ccccc2)C1. The van der Waals surface area contributed by atoms with Crippen LogP contribution in [0.5, 0.6) is 0 Å². The molecule has 0 heterocycles. The Morgan fingerprint density at radius 2 is 2.15 bits per heavy atom. The summed E-state index contributed by atoms with van der Waals surface area (Å²) in [6.07, 6.45) is 5.07. The number of nitrogens with two attached hydrogens (primary N) is 1. The van der Waals surface area contributed by atoms with Gasteiger partial charge in [-0.3, -0.25) is 0 Å². The van der Waals surface area contributed by atoms with Crippen LogP contribution in [-0.4, -0.2) is 23.6 Å². The normalized spacial score (nSPS) is 25.4. The molecule has 20 heavy (non-hydrogen) atoms. The molecule has 1 aromatic carbocycles. The fraction of sp³-hybridized carbons (Fsp3) is 0.562. The second kappa shape index (κ2) is 7.29. The molecule has 1 aliphatic carbocycles.